The zero-order chi connectivity index (χ0) is 23.9. The lowest BCUT2D eigenvalue weighted by atomic mass is 9.80. The molecule has 35 heavy (non-hydrogen) atoms. The highest BCUT2D eigenvalue weighted by Crippen LogP contribution is 2.42. The standard InChI is InChI=1S/C30H29N3O2/c1-19-14-24(9-11-26(19)21-6-4-3-5-7-21)30-31-29(32-35-30)23-8-12-27-22(17-23)10-13-28(27)33(2)25-15-20(16-25)18-34/h3-9,11-12,14,17-18,20,25,28H,10,13,15-16H2,1-2H3/t20-,25-,28?. The minimum Gasteiger partial charge on any atom is -0.334 e. The SMILES string of the molecule is Cc1cc(-c2nc(-c3ccc4c(c3)CCC4N(C)[C@H]3C[C@H](C=O)C3)no2)ccc1-c1ccccc1. The van der Waals surface area contributed by atoms with Gasteiger partial charge in [-0.2, -0.15) is 4.98 Å². The lowest BCUT2D eigenvalue weighted by Crippen LogP contribution is -2.44. The van der Waals surface area contributed by atoms with Crippen molar-refractivity contribution in [2.24, 2.45) is 5.92 Å². The summed E-state index contributed by atoms with van der Waals surface area (Å²) in [6.45, 7) is 2.11. The number of carbonyl (C=O) groups excluding carboxylic acids is 1. The molecule has 4 aromatic rings. The number of rotatable bonds is 6. The summed E-state index contributed by atoms with van der Waals surface area (Å²) in [7, 11) is 2.20. The van der Waals surface area contributed by atoms with Crippen molar-refractivity contribution >= 4 is 6.29 Å². The average Bonchev–Trinajstić information content (AvgIpc) is 3.51. The summed E-state index contributed by atoms with van der Waals surface area (Å²) in [5.74, 6) is 1.41. The van der Waals surface area contributed by atoms with E-state index in [9.17, 15) is 4.79 Å². The van der Waals surface area contributed by atoms with E-state index in [1.54, 1.807) is 0 Å². The Kier molecular flexibility index (Phi) is 5.57. The van der Waals surface area contributed by atoms with E-state index in [2.05, 4.69) is 78.6 Å². The van der Waals surface area contributed by atoms with E-state index >= 15 is 0 Å². The van der Waals surface area contributed by atoms with E-state index in [4.69, 9.17) is 9.51 Å². The molecule has 6 rings (SSSR count). The Balaban J connectivity index is 1.21. The first-order valence-electron chi connectivity index (χ1n) is 12.4. The molecule has 176 valence electrons. The second-order valence-corrected chi connectivity index (χ2v) is 9.97. The first kappa shape index (κ1) is 21.9. The summed E-state index contributed by atoms with van der Waals surface area (Å²) in [6.07, 6.45) is 5.25. The Hall–Kier alpha value is -3.57. The summed E-state index contributed by atoms with van der Waals surface area (Å²) in [6, 6.07) is 24.1. The van der Waals surface area contributed by atoms with Gasteiger partial charge >= 0.3 is 0 Å². The Bertz CT molecular complexity index is 1370. The van der Waals surface area contributed by atoms with Crippen LogP contribution in [0.4, 0.5) is 0 Å². The fourth-order valence-electron chi connectivity index (χ4n) is 5.68. The third-order valence-corrected chi connectivity index (χ3v) is 7.84. The third-order valence-electron chi connectivity index (χ3n) is 7.84. The fraction of sp³-hybridized carbons (Fsp3) is 0.300. The zero-order valence-electron chi connectivity index (χ0n) is 20.1. The van der Waals surface area contributed by atoms with Crippen LogP contribution in [0, 0.1) is 12.8 Å². The summed E-state index contributed by atoms with van der Waals surface area (Å²) in [5, 5.41) is 4.29. The molecule has 5 nitrogen and oxygen atoms in total. The number of hydrogen-bond donors (Lipinski definition) is 0. The molecule has 2 aliphatic carbocycles. The molecule has 2 aliphatic rings. The van der Waals surface area contributed by atoms with Crippen molar-refractivity contribution in [3.63, 3.8) is 0 Å². The Morgan fingerprint density at radius 1 is 0.971 bits per heavy atom. The number of nitrogens with zero attached hydrogens (tertiary/aromatic N) is 3. The largest absolute Gasteiger partial charge is 0.334 e. The van der Waals surface area contributed by atoms with Gasteiger partial charge in [-0.25, -0.2) is 0 Å². The van der Waals surface area contributed by atoms with Gasteiger partial charge in [-0.15, -0.1) is 0 Å². The minimum atomic E-state index is 0.247. The van der Waals surface area contributed by atoms with Crippen molar-refractivity contribution in [1.29, 1.82) is 0 Å². The van der Waals surface area contributed by atoms with Gasteiger partial charge < -0.3 is 9.32 Å². The van der Waals surface area contributed by atoms with Crippen LogP contribution in [-0.2, 0) is 11.2 Å². The highest BCUT2D eigenvalue weighted by atomic mass is 16.5. The second kappa shape index (κ2) is 8.90. The van der Waals surface area contributed by atoms with E-state index in [0.29, 0.717) is 23.8 Å². The van der Waals surface area contributed by atoms with Crippen LogP contribution in [0.5, 0.6) is 0 Å². The molecule has 1 fully saturated rings. The second-order valence-electron chi connectivity index (χ2n) is 9.97. The molecule has 3 aromatic carbocycles. The molecule has 1 unspecified atom stereocenters. The topological polar surface area (TPSA) is 59.2 Å². The maximum Gasteiger partial charge on any atom is 0.258 e. The van der Waals surface area contributed by atoms with E-state index in [1.807, 2.05) is 12.1 Å². The van der Waals surface area contributed by atoms with Gasteiger partial charge in [0.25, 0.3) is 5.89 Å². The van der Waals surface area contributed by atoms with E-state index < -0.39 is 0 Å². The van der Waals surface area contributed by atoms with Gasteiger partial charge in [0.1, 0.15) is 6.29 Å². The van der Waals surface area contributed by atoms with Gasteiger partial charge in [-0.1, -0.05) is 53.7 Å². The maximum atomic E-state index is 11.0. The van der Waals surface area contributed by atoms with Crippen LogP contribution in [-0.4, -0.2) is 34.4 Å². The molecule has 0 bridgehead atoms. The molecule has 1 saturated carbocycles. The van der Waals surface area contributed by atoms with E-state index in [-0.39, 0.29) is 5.92 Å². The Morgan fingerprint density at radius 2 is 1.77 bits per heavy atom. The number of carbonyl (C=O) groups is 1. The molecule has 0 saturated heterocycles. The van der Waals surface area contributed by atoms with Crippen molar-refractivity contribution < 1.29 is 9.32 Å². The van der Waals surface area contributed by atoms with Crippen molar-refractivity contribution in [3.05, 3.63) is 83.4 Å². The maximum absolute atomic E-state index is 11.0. The highest BCUT2D eigenvalue weighted by Gasteiger charge is 2.37. The Morgan fingerprint density at radius 3 is 2.54 bits per heavy atom. The van der Waals surface area contributed by atoms with Crippen LogP contribution in [0.2, 0.25) is 0 Å². The van der Waals surface area contributed by atoms with Crippen LogP contribution in [0.15, 0.2) is 71.3 Å². The molecule has 1 atom stereocenters. The summed E-state index contributed by atoms with van der Waals surface area (Å²) < 4.78 is 5.66. The van der Waals surface area contributed by atoms with E-state index in [0.717, 1.165) is 43.1 Å². The number of aldehydes is 1. The van der Waals surface area contributed by atoms with Crippen molar-refractivity contribution in [3.8, 4) is 34.0 Å². The molecule has 1 aromatic heterocycles. The quantitative estimate of drug-likeness (QED) is 0.315. The first-order valence-corrected chi connectivity index (χ1v) is 12.4. The monoisotopic (exact) mass is 463 g/mol. The number of aryl methyl sites for hydroxylation is 2. The van der Waals surface area contributed by atoms with Gasteiger partial charge in [0, 0.05) is 29.1 Å². The van der Waals surface area contributed by atoms with Gasteiger partial charge in [0.15, 0.2) is 0 Å². The van der Waals surface area contributed by atoms with Crippen molar-refractivity contribution in [2.75, 3.05) is 7.05 Å². The minimum absolute atomic E-state index is 0.247. The lowest BCUT2D eigenvalue weighted by molar-refractivity contribution is -0.115. The van der Waals surface area contributed by atoms with Crippen LogP contribution >= 0.6 is 0 Å². The average molecular weight is 464 g/mol. The van der Waals surface area contributed by atoms with Crippen LogP contribution in [0.25, 0.3) is 34.0 Å². The number of benzene rings is 3. The summed E-state index contributed by atoms with van der Waals surface area (Å²) in [5.41, 5.74) is 8.25. The number of fused-ring (bicyclic) bond motifs is 1. The summed E-state index contributed by atoms with van der Waals surface area (Å²) in [4.78, 5) is 18.2. The van der Waals surface area contributed by atoms with Gasteiger partial charge in [-0.05, 0) is 85.7 Å². The predicted molar refractivity (Wildman–Crippen MR) is 137 cm³/mol. The molecular weight excluding hydrogens is 434 g/mol. The molecule has 0 amide bonds. The number of hydrogen-bond acceptors (Lipinski definition) is 5. The van der Waals surface area contributed by atoms with Gasteiger partial charge in [0.05, 0.1) is 0 Å². The van der Waals surface area contributed by atoms with Crippen molar-refractivity contribution in [2.45, 2.75) is 44.7 Å². The van der Waals surface area contributed by atoms with Crippen molar-refractivity contribution in [1.82, 2.24) is 15.0 Å². The molecule has 0 aliphatic heterocycles. The smallest absolute Gasteiger partial charge is 0.258 e. The molecular formula is C30H29N3O2. The van der Waals surface area contributed by atoms with Gasteiger partial charge in [-0.3, -0.25) is 4.90 Å². The predicted octanol–water partition coefficient (Wildman–Crippen LogP) is 6.28. The van der Waals surface area contributed by atoms with Crippen LogP contribution in [0.1, 0.15) is 42.0 Å². The molecule has 1 heterocycles. The fourth-order valence-corrected chi connectivity index (χ4v) is 5.68. The lowest BCUT2D eigenvalue weighted by Gasteiger charge is -2.42. The zero-order valence-corrected chi connectivity index (χ0v) is 20.1. The highest BCUT2D eigenvalue weighted by molar-refractivity contribution is 5.71. The molecule has 0 N–H and O–H groups in total. The normalized spacial score (nSPS) is 21.1. The molecule has 0 spiro atoms. The van der Waals surface area contributed by atoms with Crippen LogP contribution < -0.4 is 0 Å². The Labute approximate surface area is 205 Å². The van der Waals surface area contributed by atoms with E-state index in [1.165, 1.54) is 27.8 Å². The molecule has 5 heteroatoms. The third kappa shape index (κ3) is 4.00. The first-order chi connectivity index (χ1) is 17.1. The molecule has 0 radical (unpaired) electrons. The van der Waals surface area contributed by atoms with Crippen LogP contribution in [0.3, 0.4) is 0 Å². The van der Waals surface area contributed by atoms with Gasteiger partial charge in [0.2, 0.25) is 5.82 Å². The number of aromatic nitrogens is 2. The summed E-state index contributed by atoms with van der Waals surface area (Å²) >= 11 is 0.